The van der Waals surface area contributed by atoms with Crippen LogP contribution in [0.4, 0.5) is 0 Å². The van der Waals surface area contributed by atoms with Crippen molar-refractivity contribution in [2.24, 2.45) is 0 Å². The predicted molar refractivity (Wildman–Crippen MR) is 140 cm³/mol. The van der Waals surface area contributed by atoms with E-state index in [1.165, 1.54) is 16.7 Å². The number of benzene rings is 4. The summed E-state index contributed by atoms with van der Waals surface area (Å²) < 4.78 is 3.98. The maximum absolute atomic E-state index is 9.87. The van der Waals surface area contributed by atoms with E-state index in [-0.39, 0.29) is 11.5 Å². The van der Waals surface area contributed by atoms with Crippen molar-refractivity contribution >= 4 is 63.7 Å². The van der Waals surface area contributed by atoms with Gasteiger partial charge in [0, 0.05) is 23.5 Å². The molecule has 0 radical (unpaired) electrons. The number of rotatable bonds is 2. The summed E-state index contributed by atoms with van der Waals surface area (Å²) >= 11 is 15.0. The van der Waals surface area contributed by atoms with E-state index in [0.717, 1.165) is 52.1 Å². The first-order chi connectivity index (χ1) is 14.9. The fourth-order valence-electron chi connectivity index (χ4n) is 4.18. The first kappa shape index (κ1) is 21.3. The first-order valence-electron chi connectivity index (χ1n) is 9.46. The highest BCUT2D eigenvalue weighted by Crippen LogP contribution is 2.55. The molecule has 0 aliphatic heterocycles. The monoisotopic (exact) mass is 662 g/mol. The Morgan fingerprint density at radius 3 is 1.68 bits per heavy atom. The Kier molecular flexibility index (Phi) is 5.53. The van der Waals surface area contributed by atoms with Gasteiger partial charge in [-0.3, -0.25) is 0 Å². The third kappa shape index (κ3) is 3.48. The molecule has 1 aliphatic carbocycles. The molecule has 0 spiro atoms. The smallest absolute Gasteiger partial charge is 0.115 e. The number of phenols is 2. The van der Waals surface area contributed by atoms with E-state index >= 15 is 0 Å². The van der Waals surface area contributed by atoms with Gasteiger partial charge in [0.25, 0.3) is 0 Å². The molecule has 2 N–H and O–H groups in total. The molecule has 0 bridgehead atoms. The van der Waals surface area contributed by atoms with Crippen molar-refractivity contribution in [2.45, 2.75) is 6.42 Å². The van der Waals surface area contributed by atoms with E-state index in [4.69, 9.17) is 0 Å². The molecular formula is C25H14Br4O2. The van der Waals surface area contributed by atoms with Gasteiger partial charge in [-0.05, 0) is 133 Å². The Labute approximate surface area is 213 Å². The summed E-state index contributed by atoms with van der Waals surface area (Å²) in [7, 11) is 0. The molecule has 0 unspecified atom stereocenters. The summed E-state index contributed by atoms with van der Waals surface area (Å²) in [5.41, 5.74) is 9.00. The molecule has 2 nitrogen and oxygen atoms in total. The maximum Gasteiger partial charge on any atom is 0.115 e. The van der Waals surface area contributed by atoms with Crippen molar-refractivity contribution < 1.29 is 10.2 Å². The molecule has 154 valence electrons. The Morgan fingerprint density at radius 1 is 0.516 bits per heavy atom. The molecule has 0 atom stereocenters. The second-order valence-corrected chi connectivity index (χ2v) is 10.6. The number of phenolic OH excluding ortho intramolecular Hbond substituents is 2. The van der Waals surface area contributed by atoms with Crippen LogP contribution in [0.25, 0.3) is 33.4 Å². The lowest BCUT2D eigenvalue weighted by atomic mass is 9.87. The Balaban J connectivity index is 1.89. The van der Waals surface area contributed by atoms with Gasteiger partial charge in [-0.15, -0.1) is 0 Å². The highest BCUT2D eigenvalue weighted by atomic mass is 79.9. The van der Waals surface area contributed by atoms with Crippen LogP contribution < -0.4 is 0 Å². The SMILES string of the molecule is Oc1ccc(-c2ccc3c(c2-c2ccc(O)cc2)-c2c(Br)c(Br)c(Br)c(Br)c2C3)cc1. The van der Waals surface area contributed by atoms with Gasteiger partial charge in [-0.2, -0.15) is 0 Å². The second-order valence-electron chi connectivity index (χ2n) is 7.40. The van der Waals surface area contributed by atoms with Crippen molar-refractivity contribution in [3.63, 3.8) is 0 Å². The van der Waals surface area contributed by atoms with Crippen LogP contribution in [0.5, 0.6) is 11.5 Å². The van der Waals surface area contributed by atoms with Crippen LogP contribution in [0.2, 0.25) is 0 Å². The molecule has 4 aromatic carbocycles. The van der Waals surface area contributed by atoms with Gasteiger partial charge >= 0.3 is 0 Å². The zero-order valence-corrected chi connectivity index (χ0v) is 22.2. The molecule has 0 saturated carbocycles. The summed E-state index contributed by atoms with van der Waals surface area (Å²) in [6.07, 6.45) is 0.816. The number of fused-ring (bicyclic) bond motifs is 3. The lowest BCUT2D eigenvalue weighted by Gasteiger charge is -2.18. The predicted octanol–water partition coefficient (Wildman–Crippen LogP) is 9.05. The van der Waals surface area contributed by atoms with Crippen molar-refractivity contribution in [3.8, 4) is 44.9 Å². The minimum atomic E-state index is 0.235. The van der Waals surface area contributed by atoms with Crippen LogP contribution in [0.1, 0.15) is 11.1 Å². The maximum atomic E-state index is 9.87. The Hall–Kier alpha value is -1.60. The normalized spacial score (nSPS) is 12.0. The quantitative estimate of drug-likeness (QED) is 0.146. The van der Waals surface area contributed by atoms with Gasteiger partial charge in [0.1, 0.15) is 11.5 Å². The molecule has 5 rings (SSSR count). The summed E-state index contributed by atoms with van der Waals surface area (Å²) in [5.74, 6) is 0.473. The first-order valence-corrected chi connectivity index (χ1v) is 12.6. The molecule has 0 saturated heterocycles. The average Bonchev–Trinajstić information content (AvgIpc) is 3.17. The molecule has 0 heterocycles. The van der Waals surface area contributed by atoms with Crippen molar-refractivity contribution in [2.75, 3.05) is 0 Å². The van der Waals surface area contributed by atoms with E-state index in [0.29, 0.717) is 0 Å². The van der Waals surface area contributed by atoms with Gasteiger partial charge in [-0.1, -0.05) is 36.4 Å². The highest BCUT2D eigenvalue weighted by molar-refractivity contribution is 9.15. The lowest BCUT2D eigenvalue weighted by molar-refractivity contribution is 0.475. The molecular weight excluding hydrogens is 652 g/mol. The van der Waals surface area contributed by atoms with Crippen LogP contribution in [0.15, 0.2) is 78.6 Å². The van der Waals surface area contributed by atoms with E-state index < -0.39 is 0 Å². The van der Waals surface area contributed by atoms with Crippen LogP contribution in [-0.2, 0) is 6.42 Å². The minimum Gasteiger partial charge on any atom is -0.508 e. The van der Waals surface area contributed by atoms with Gasteiger partial charge in [-0.25, -0.2) is 0 Å². The topological polar surface area (TPSA) is 40.5 Å². The summed E-state index contributed by atoms with van der Waals surface area (Å²) in [5, 5.41) is 19.6. The number of halogens is 4. The summed E-state index contributed by atoms with van der Waals surface area (Å²) in [4.78, 5) is 0. The highest BCUT2D eigenvalue weighted by Gasteiger charge is 2.31. The van der Waals surface area contributed by atoms with Crippen molar-refractivity contribution in [1.82, 2.24) is 0 Å². The standard InChI is InChI=1S/C25H14Br4O2/c26-22-18-11-14-5-10-17(12-1-6-15(30)7-2-12)19(13-3-8-16(31)9-4-13)20(14)21(18)23(27)25(29)24(22)28/h1-10,30-31H,11H2. The molecule has 0 amide bonds. The van der Waals surface area contributed by atoms with Crippen LogP contribution >= 0.6 is 63.7 Å². The molecule has 0 fully saturated rings. The number of aromatic hydroxyl groups is 2. The van der Waals surface area contributed by atoms with E-state index in [2.05, 4.69) is 75.9 Å². The Morgan fingerprint density at radius 2 is 1.06 bits per heavy atom. The zero-order chi connectivity index (χ0) is 21.9. The molecule has 6 heteroatoms. The molecule has 4 aromatic rings. The van der Waals surface area contributed by atoms with Crippen molar-refractivity contribution in [3.05, 3.63) is 89.7 Å². The summed E-state index contributed by atoms with van der Waals surface area (Å²) in [6.45, 7) is 0. The summed E-state index contributed by atoms with van der Waals surface area (Å²) in [6, 6.07) is 18.9. The number of hydrogen-bond donors (Lipinski definition) is 2. The second kappa shape index (κ2) is 8.07. The van der Waals surface area contributed by atoms with Crippen molar-refractivity contribution in [1.29, 1.82) is 0 Å². The molecule has 1 aliphatic rings. The van der Waals surface area contributed by atoms with Crippen LogP contribution in [0, 0.1) is 0 Å². The van der Waals surface area contributed by atoms with E-state index in [1.54, 1.807) is 24.3 Å². The van der Waals surface area contributed by atoms with Crippen LogP contribution in [-0.4, -0.2) is 10.2 Å². The fourth-order valence-corrected chi connectivity index (χ4v) is 6.72. The van der Waals surface area contributed by atoms with Gasteiger partial charge in [0.2, 0.25) is 0 Å². The Bertz CT molecular complexity index is 1340. The zero-order valence-electron chi connectivity index (χ0n) is 15.9. The molecule has 0 aromatic heterocycles. The van der Waals surface area contributed by atoms with E-state index in [1.807, 2.05) is 24.3 Å². The van der Waals surface area contributed by atoms with E-state index in [9.17, 15) is 10.2 Å². The van der Waals surface area contributed by atoms with Gasteiger partial charge < -0.3 is 10.2 Å². The largest absolute Gasteiger partial charge is 0.508 e. The van der Waals surface area contributed by atoms with Gasteiger partial charge in [0.05, 0.1) is 0 Å². The lowest BCUT2D eigenvalue weighted by Crippen LogP contribution is -1.92. The van der Waals surface area contributed by atoms with Crippen LogP contribution in [0.3, 0.4) is 0 Å². The molecule has 31 heavy (non-hydrogen) atoms. The third-order valence-corrected chi connectivity index (χ3v) is 10.5. The van der Waals surface area contributed by atoms with Gasteiger partial charge in [0.15, 0.2) is 0 Å². The average molecular weight is 666 g/mol. The minimum absolute atomic E-state index is 0.235. The number of hydrogen-bond acceptors (Lipinski definition) is 2. The third-order valence-electron chi connectivity index (χ3n) is 5.61. The fraction of sp³-hybridized carbons (Fsp3) is 0.0400.